The Morgan fingerprint density at radius 2 is 1.69 bits per heavy atom. The Morgan fingerprint density at radius 3 is 2.31 bits per heavy atom. The van der Waals surface area contributed by atoms with Gasteiger partial charge in [-0.15, -0.1) is 0 Å². The molecule has 0 fully saturated rings. The van der Waals surface area contributed by atoms with Gasteiger partial charge in [-0.05, 0) is 75.1 Å². The molecule has 0 amide bonds. The second kappa shape index (κ2) is 11.1. The number of pyridine rings is 1. The number of fused-ring (bicyclic) bond motifs is 1. The summed E-state index contributed by atoms with van der Waals surface area (Å²) in [6.07, 6.45) is 4.98. The monoisotopic (exact) mass is 455 g/mol. The fourth-order valence-corrected chi connectivity index (χ4v) is 3.62. The topological polar surface area (TPSA) is 55.9 Å². The number of hydrogen-bond acceptors (Lipinski definition) is 6. The minimum Gasteiger partial charge on any atom is -0.493 e. The number of hydrogen-bond donors (Lipinski definition) is 1. The van der Waals surface area contributed by atoms with Crippen molar-refractivity contribution in [2.24, 2.45) is 0 Å². The first-order chi connectivity index (χ1) is 15.4. The summed E-state index contributed by atoms with van der Waals surface area (Å²) in [5.41, 5.74) is 3.65. The van der Waals surface area contributed by atoms with E-state index in [9.17, 15) is 0 Å². The lowest BCUT2D eigenvalue weighted by molar-refractivity contribution is 0.324. The largest absolute Gasteiger partial charge is 0.493 e. The van der Waals surface area contributed by atoms with Crippen LogP contribution in [0.1, 0.15) is 17.7 Å². The molecule has 1 aromatic heterocycles. The van der Waals surface area contributed by atoms with Crippen LogP contribution >= 0.6 is 11.6 Å². The third-order valence-corrected chi connectivity index (χ3v) is 5.26. The molecule has 6 nitrogen and oxygen atoms in total. The van der Waals surface area contributed by atoms with Crippen LogP contribution in [0, 0.1) is 0 Å². The van der Waals surface area contributed by atoms with Crippen LogP contribution in [-0.4, -0.2) is 58.4 Å². The minimum atomic E-state index is 0.567. The molecule has 0 saturated carbocycles. The van der Waals surface area contributed by atoms with Crippen molar-refractivity contribution < 1.29 is 14.2 Å². The van der Waals surface area contributed by atoms with E-state index in [2.05, 4.69) is 24.3 Å². The van der Waals surface area contributed by atoms with Gasteiger partial charge in [-0.2, -0.15) is 0 Å². The lowest BCUT2D eigenvalue weighted by atomic mass is 10.1. The molecular weight excluding hydrogens is 426 g/mol. The Bertz CT molecular complexity index is 1070. The molecule has 0 saturated heterocycles. The molecule has 1 N–H and O–H groups in total. The van der Waals surface area contributed by atoms with Gasteiger partial charge in [0, 0.05) is 22.6 Å². The zero-order valence-electron chi connectivity index (χ0n) is 19.2. The molecule has 0 aliphatic carbocycles. The maximum Gasteiger partial charge on any atom is 0.203 e. The van der Waals surface area contributed by atoms with E-state index in [1.54, 1.807) is 21.3 Å². The SMILES string of the molecule is COc1cc(/C=C/c2cc(NCCCN(C)C)c3cc(Cl)ccc3n2)cc(OC)c1OC. The van der Waals surface area contributed by atoms with Crippen LogP contribution in [-0.2, 0) is 0 Å². The zero-order chi connectivity index (χ0) is 23.1. The molecule has 1 heterocycles. The van der Waals surface area contributed by atoms with E-state index in [1.807, 2.05) is 48.6 Å². The van der Waals surface area contributed by atoms with E-state index in [1.165, 1.54) is 0 Å². The molecule has 2 aromatic carbocycles. The summed E-state index contributed by atoms with van der Waals surface area (Å²) in [4.78, 5) is 6.96. The predicted molar refractivity (Wildman–Crippen MR) is 133 cm³/mol. The molecule has 170 valence electrons. The van der Waals surface area contributed by atoms with Gasteiger partial charge in [0.15, 0.2) is 11.5 Å². The second-order valence-electron chi connectivity index (χ2n) is 7.63. The van der Waals surface area contributed by atoms with Crippen molar-refractivity contribution in [3.8, 4) is 17.2 Å². The highest BCUT2D eigenvalue weighted by atomic mass is 35.5. The molecule has 0 unspecified atom stereocenters. The van der Waals surface area contributed by atoms with Gasteiger partial charge in [-0.3, -0.25) is 0 Å². The highest BCUT2D eigenvalue weighted by molar-refractivity contribution is 6.31. The van der Waals surface area contributed by atoms with Crippen molar-refractivity contribution in [2.45, 2.75) is 6.42 Å². The maximum absolute atomic E-state index is 6.25. The van der Waals surface area contributed by atoms with Gasteiger partial charge in [0.2, 0.25) is 5.75 Å². The molecule has 0 atom stereocenters. The van der Waals surface area contributed by atoms with E-state index < -0.39 is 0 Å². The Hall–Kier alpha value is -2.96. The Balaban J connectivity index is 1.93. The molecule has 0 radical (unpaired) electrons. The number of nitrogens with zero attached hydrogens (tertiary/aromatic N) is 2. The van der Waals surface area contributed by atoms with E-state index >= 15 is 0 Å². The number of ether oxygens (including phenoxy) is 3. The number of anilines is 1. The smallest absolute Gasteiger partial charge is 0.203 e. The van der Waals surface area contributed by atoms with Crippen LogP contribution < -0.4 is 19.5 Å². The number of benzene rings is 2. The maximum atomic E-state index is 6.25. The molecular formula is C25H30ClN3O3. The van der Waals surface area contributed by atoms with E-state index in [-0.39, 0.29) is 0 Å². The normalized spacial score (nSPS) is 11.3. The van der Waals surface area contributed by atoms with Gasteiger partial charge >= 0.3 is 0 Å². The lowest BCUT2D eigenvalue weighted by Crippen LogP contribution is -2.16. The van der Waals surface area contributed by atoms with E-state index in [0.717, 1.165) is 47.4 Å². The van der Waals surface area contributed by atoms with Gasteiger partial charge in [0.05, 0.1) is 32.5 Å². The quantitative estimate of drug-likeness (QED) is 0.410. The molecule has 7 heteroatoms. The summed E-state index contributed by atoms with van der Waals surface area (Å²) in [6.45, 7) is 1.88. The van der Waals surface area contributed by atoms with E-state index in [4.69, 9.17) is 30.8 Å². The molecule has 3 aromatic rings. The van der Waals surface area contributed by atoms with Gasteiger partial charge in [0.1, 0.15) is 0 Å². The Labute approximate surface area is 194 Å². The third kappa shape index (κ3) is 5.84. The Kier molecular flexibility index (Phi) is 8.20. The molecule has 32 heavy (non-hydrogen) atoms. The molecule has 3 rings (SSSR count). The summed E-state index contributed by atoms with van der Waals surface area (Å²) in [6, 6.07) is 11.6. The molecule has 0 aliphatic heterocycles. The number of rotatable bonds is 10. The van der Waals surface area contributed by atoms with Crippen LogP contribution in [0.4, 0.5) is 5.69 Å². The van der Waals surface area contributed by atoms with Crippen molar-refractivity contribution >= 4 is 40.3 Å². The Morgan fingerprint density at radius 1 is 0.969 bits per heavy atom. The first-order valence-corrected chi connectivity index (χ1v) is 10.8. The third-order valence-electron chi connectivity index (χ3n) is 5.02. The average Bonchev–Trinajstić information content (AvgIpc) is 2.79. The number of aromatic nitrogens is 1. The average molecular weight is 456 g/mol. The molecule has 0 bridgehead atoms. The van der Waals surface area contributed by atoms with Crippen LogP contribution in [0.2, 0.25) is 5.02 Å². The lowest BCUT2D eigenvalue weighted by Gasteiger charge is -2.14. The summed E-state index contributed by atoms with van der Waals surface area (Å²) >= 11 is 6.25. The van der Waals surface area contributed by atoms with Crippen molar-refractivity contribution in [1.82, 2.24) is 9.88 Å². The molecule has 0 aliphatic rings. The first kappa shape index (κ1) is 23.7. The van der Waals surface area contributed by atoms with Crippen molar-refractivity contribution in [3.63, 3.8) is 0 Å². The first-order valence-electron chi connectivity index (χ1n) is 10.4. The minimum absolute atomic E-state index is 0.567. The number of halogens is 1. The van der Waals surface area contributed by atoms with Gasteiger partial charge in [0.25, 0.3) is 0 Å². The summed E-state index contributed by atoms with van der Waals surface area (Å²) in [5, 5.41) is 5.24. The van der Waals surface area contributed by atoms with Gasteiger partial charge < -0.3 is 24.4 Å². The second-order valence-corrected chi connectivity index (χ2v) is 8.07. The highest BCUT2D eigenvalue weighted by Gasteiger charge is 2.12. The van der Waals surface area contributed by atoms with Crippen LogP contribution in [0.3, 0.4) is 0 Å². The number of nitrogens with one attached hydrogen (secondary N) is 1. The van der Waals surface area contributed by atoms with Crippen molar-refractivity contribution in [1.29, 1.82) is 0 Å². The van der Waals surface area contributed by atoms with Gasteiger partial charge in [-0.25, -0.2) is 4.98 Å². The van der Waals surface area contributed by atoms with E-state index in [0.29, 0.717) is 22.3 Å². The van der Waals surface area contributed by atoms with Crippen LogP contribution in [0.5, 0.6) is 17.2 Å². The summed E-state index contributed by atoms with van der Waals surface area (Å²) in [7, 11) is 8.96. The summed E-state index contributed by atoms with van der Waals surface area (Å²) in [5.74, 6) is 1.78. The van der Waals surface area contributed by atoms with Crippen LogP contribution in [0.25, 0.3) is 23.1 Å². The predicted octanol–water partition coefficient (Wildman–Crippen LogP) is 5.45. The summed E-state index contributed by atoms with van der Waals surface area (Å²) < 4.78 is 16.3. The highest BCUT2D eigenvalue weighted by Crippen LogP contribution is 2.38. The van der Waals surface area contributed by atoms with Crippen molar-refractivity contribution in [3.05, 3.63) is 52.7 Å². The number of methoxy groups -OCH3 is 3. The fourth-order valence-electron chi connectivity index (χ4n) is 3.45. The van der Waals surface area contributed by atoms with Crippen molar-refractivity contribution in [2.75, 3.05) is 53.8 Å². The standard InChI is InChI=1S/C25H30ClN3O3/c1-29(2)12-6-11-27-22-16-19(28-21-10-8-18(26)15-20(21)22)9-7-17-13-23(30-3)25(32-5)24(14-17)31-4/h7-10,13-16H,6,11-12H2,1-5H3,(H,27,28)/b9-7+. The molecule has 0 spiro atoms. The van der Waals surface area contributed by atoms with Gasteiger partial charge in [-0.1, -0.05) is 17.7 Å². The fraction of sp³-hybridized carbons (Fsp3) is 0.320. The van der Waals surface area contributed by atoms with Crippen LogP contribution in [0.15, 0.2) is 36.4 Å². The zero-order valence-corrected chi connectivity index (χ0v) is 20.0.